The highest BCUT2D eigenvalue weighted by atomic mass is 35.5. The second-order valence-corrected chi connectivity index (χ2v) is 9.36. The average Bonchev–Trinajstić information content (AvgIpc) is 2.66. The van der Waals surface area contributed by atoms with E-state index in [2.05, 4.69) is 4.90 Å². The van der Waals surface area contributed by atoms with E-state index in [4.69, 9.17) is 23.2 Å². The topological polar surface area (TPSA) is 60.9 Å². The lowest BCUT2D eigenvalue weighted by Gasteiger charge is -2.34. The van der Waals surface area contributed by atoms with E-state index in [1.54, 1.807) is 23.1 Å². The maximum absolute atomic E-state index is 13.3. The van der Waals surface area contributed by atoms with Crippen LogP contribution in [0.5, 0.6) is 0 Å². The highest BCUT2D eigenvalue weighted by Gasteiger charge is 2.30. The van der Waals surface area contributed by atoms with E-state index in [0.29, 0.717) is 28.8 Å². The molecule has 2 aromatic carbocycles. The second kappa shape index (κ2) is 8.69. The first-order valence-corrected chi connectivity index (χ1v) is 11.0. The fourth-order valence-electron chi connectivity index (χ4n) is 2.96. The zero-order valence-electron chi connectivity index (χ0n) is 15.4. The van der Waals surface area contributed by atoms with Crippen LogP contribution in [0, 0.1) is 0 Å². The summed E-state index contributed by atoms with van der Waals surface area (Å²) >= 11 is 12.0. The fourth-order valence-corrected chi connectivity index (χ4v) is 4.68. The zero-order chi connectivity index (χ0) is 20.3. The molecule has 0 unspecified atom stereocenters. The fraction of sp³-hybridized carbons (Fsp3) is 0.316. The molecule has 3 rings (SSSR count). The Labute approximate surface area is 175 Å². The zero-order valence-corrected chi connectivity index (χ0v) is 17.7. The number of piperazine rings is 1. The molecule has 0 radical (unpaired) electrons. The summed E-state index contributed by atoms with van der Waals surface area (Å²) in [6, 6.07) is 12.3. The summed E-state index contributed by atoms with van der Waals surface area (Å²) in [6.45, 7) is 2.36. The van der Waals surface area contributed by atoms with Crippen LogP contribution in [0.3, 0.4) is 0 Å². The third-order valence-corrected chi connectivity index (χ3v) is 6.91. The number of carbonyl (C=O) groups is 1. The third kappa shape index (κ3) is 4.78. The van der Waals surface area contributed by atoms with Crippen molar-refractivity contribution in [2.24, 2.45) is 0 Å². The van der Waals surface area contributed by atoms with Crippen LogP contribution in [-0.4, -0.2) is 63.9 Å². The molecule has 1 amide bonds. The van der Waals surface area contributed by atoms with Gasteiger partial charge in [-0.1, -0.05) is 29.3 Å². The van der Waals surface area contributed by atoms with Gasteiger partial charge in [-0.2, -0.15) is 0 Å². The summed E-state index contributed by atoms with van der Waals surface area (Å²) in [4.78, 5) is 16.7. The molecule has 1 saturated heterocycles. The molecule has 9 heteroatoms. The number of sulfonamides is 1. The van der Waals surface area contributed by atoms with E-state index < -0.39 is 10.0 Å². The van der Waals surface area contributed by atoms with Crippen LogP contribution in [-0.2, 0) is 14.8 Å². The highest BCUT2D eigenvalue weighted by molar-refractivity contribution is 7.92. The van der Waals surface area contributed by atoms with Gasteiger partial charge in [-0.3, -0.25) is 9.10 Å². The quantitative estimate of drug-likeness (QED) is 0.715. The molecule has 6 nitrogen and oxygen atoms in total. The minimum atomic E-state index is -3.97. The SMILES string of the molecule is CN1CCN(C(=O)CN(c2cccc(Cl)c2)S(=O)(=O)c2ccc(Cl)cc2)CC1. The number of halogens is 2. The molecule has 1 aliphatic rings. The molecule has 0 spiro atoms. The molecule has 0 atom stereocenters. The van der Waals surface area contributed by atoms with Crippen LogP contribution < -0.4 is 4.31 Å². The summed E-state index contributed by atoms with van der Waals surface area (Å²) < 4.78 is 27.7. The average molecular weight is 442 g/mol. The van der Waals surface area contributed by atoms with Crippen molar-refractivity contribution < 1.29 is 13.2 Å². The molecule has 0 bridgehead atoms. The molecular formula is C19H21Cl2N3O3S. The molecule has 0 aromatic heterocycles. The number of anilines is 1. The summed E-state index contributed by atoms with van der Waals surface area (Å²) in [5.41, 5.74) is 0.338. The van der Waals surface area contributed by atoms with Gasteiger partial charge in [-0.25, -0.2) is 8.42 Å². The normalized spacial score (nSPS) is 15.5. The largest absolute Gasteiger partial charge is 0.339 e. The standard InChI is InChI=1S/C19H21Cl2N3O3S/c1-22-9-11-23(12-10-22)19(25)14-24(17-4-2-3-16(21)13-17)28(26,27)18-7-5-15(20)6-8-18/h2-8,13H,9-12,14H2,1H3. The van der Waals surface area contributed by atoms with Crippen molar-refractivity contribution in [2.75, 3.05) is 44.1 Å². The number of amides is 1. The molecule has 0 N–H and O–H groups in total. The van der Waals surface area contributed by atoms with Gasteiger partial charge in [-0.15, -0.1) is 0 Å². The van der Waals surface area contributed by atoms with Crippen molar-refractivity contribution >= 4 is 44.8 Å². The third-order valence-electron chi connectivity index (χ3n) is 4.63. The van der Waals surface area contributed by atoms with Gasteiger partial charge in [0, 0.05) is 36.2 Å². The smallest absolute Gasteiger partial charge is 0.264 e. The first-order chi connectivity index (χ1) is 13.3. The van der Waals surface area contributed by atoms with Gasteiger partial charge >= 0.3 is 0 Å². The van der Waals surface area contributed by atoms with Gasteiger partial charge in [0.1, 0.15) is 6.54 Å². The number of rotatable bonds is 5. The maximum Gasteiger partial charge on any atom is 0.264 e. The summed E-state index contributed by atoms with van der Waals surface area (Å²) in [5.74, 6) is -0.245. The van der Waals surface area contributed by atoms with Crippen molar-refractivity contribution in [2.45, 2.75) is 4.90 Å². The first kappa shape index (κ1) is 20.9. The molecule has 1 aliphatic heterocycles. The lowest BCUT2D eigenvalue weighted by molar-refractivity contribution is -0.131. The van der Waals surface area contributed by atoms with E-state index >= 15 is 0 Å². The van der Waals surface area contributed by atoms with E-state index in [0.717, 1.165) is 17.4 Å². The van der Waals surface area contributed by atoms with Gasteiger partial charge < -0.3 is 9.80 Å². The molecule has 2 aromatic rings. The van der Waals surface area contributed by atoms with Crippen LogP contribution in [0.4, 0.5) is 5.69 Å². The number of likely N-dealkylation sites (N-methyl/N-ethyl adjacent to an activating group) is 1. The summed E-state index contributed by atoms with van der Waals surface area (Å²) in [5, 5.41) is 0.822. The molecule has 28 heavy (non-hydrogen) atoms. The van der Waals surface area contributed by atoms with Gasteiger partial charge in [-0.05, 0) is 49.5 Å². The lowest BCUT2D eigenvalue weighted by Crippen LogP contribution is -2.50. The minimum Gasteiger partial charge on any atom is -0.339 e. The molecule has 150 valence electrons. The predicted molar refractivity (Wildman–Crippen MR) is 112 cm³/mol. The minimum absolute atomic E-state index is 0.0584. The van der Waals surface area contributed by atoms with Crippen molar-refractivity contribution in [3.8, 4) is 0 Å². The Balaban J connectivity index is 1.93. The molecule has 1 heterocycles. The van der Waals surface area contributed by atoms with Crippen molar-refractivity contribution in [1.82, 2.24) is 9.80 Å². The Morgan fingerprint density at radius 1 is 1.00 bits per heavy atom. The van der Waals surface area contributed by atoms with E-state index in [1.807, 2.05) is 7.05 Å². The first-order valence-electron chi connectivity index (χ1n) is 8.77. The van der Waals surface area contributed by atoms with Gasteiger partial charge in [0.25, 0.3) is 10.0 Å². The molecule has 0 saturated carbocycles. The number of hydrogen-bond acceptors (Lipinski definition) is 4. The van der Waals surface area contributed by atoms with Crippen LogP contribution in [0.25, 0.3) is 0 Å². The number of benzene rings is 2. The summed E-state index contributed by atoms with van der Waals surface area (Å²) in [7, 11) is -1.98. The van der Waals surface area contributed by atoms with Crippen LogP contribution in [0.1, 0.15) is 0 Å². The molecular weight excluding hydrogens is 421 g/mol. The van der Waals surface area contributed by atoms with Gasteiger partial charge in [0.15, 0.2) is 0 Å². The van der Waals surface area contributed by atoms with Crippen LogP contribution >= 0.6 is 23.2 Å². The molecule has 1 fully saturated rings. The van der Waals surface area contributed by atoms with Crippen LogP contribution in [0.15, 0.2) is 53.4 Å². The predicted octanol–water partition coefficient (Wildman–Crippen LogP) is 2.96. The maximum atomic E-state index is 13.3. The second-order valence-electron chi connectivity index (χ2n) is 6.63. The summed E-state index contributed by atoms with van der Waals surface area (Å²) in [6.07, 6.45) is 0. The number of hydrogen-bond donors (Lipinski definition) is 0. The van der Waals surface area contributed by atoms with Gasteiger partial charge in [0.2, 0.25) is 5.91 Å². The number of nitrogens with zero attached hydrogens (tertiary/aromatic N) is 3. The Morgan fingerprint density at radius 2 is 1.64 bits per heavy atom. The monoisotopic (exact) mass is 441 g/mol. The molecule has 0 aliphatic carbocycles. The van der Waals surface area contributed by atoms with Crippen molar-refractivity contribution in [1.29, 1.82) is 0 Å². The lowest BCUT2D eigenvalue weighted by atomic mass is 10.3. The Kier molecular flexibility index (Phi) is 6.50. The Bertz CT molecular complexity index is 943. The van der Waals surface area contributed by atoms with Crippen LogP contribution in [0.2, 0.25) is 10.0 Å². The van der Waals surface area contributed by atoms with E-state index in [1.165, 1.54) is 30.3 Å². The highest BCUT2D eigenvalue weighted by Crippen LogP contribution is 2.27. The van der Waals surface area contributed by atoms with Crippen molar-refractivity contribution in [3.63, 3.8) is 0 Å². The van der Waals surface area contributed by atoms with Crippen molar-refractivity contribution in [3.05, 3.63) is 58.6 Å². The van der Waals surface area contributed by atoms with Gasteiger partial charge in [0.05, 0.1) is 10.6 Å². The number of carbonyl (C=O) groups excluding carboxylic acids is 1. The van der Waals surface area contributed by atoms with E-state index in [-0.39, 0.29) is 17.3 Å². The Hall–Kier alpha value is -1.80. The van der Waals surface area contributed by atoms with E-state index in [9.17, 15) is 13.2 Å². The Morgan fingerprint density at radius 3 is 2.25 bits per heavy atom.